The van der Waals surface area contributed by atoms with Crippen LogP contribution in [-0.4, -0.2) is 43.2 Å². The zero-order valence-electron chi connectivity index (χ0n) is 11.0. The van der Waals surface area contributed by atoms with Crippen LogP contribution in [0.25, 0.3) is 0 Å². The van der Waals surface area contributed by atoms with Crippen molar-refractivity contribution in [1.29, 1.82) is 0 Å². The number of hydrogen-bond donors (Lipinski definition) is 1. The van der Waals surface area contributed by atoms with E-state index in [1.54, 1.807) is 0 Å². The third-order valence-corrected chi connectivity index (χ3v) is 3.22. The van der Waals surface area contributed by atoms with Crippen LogP contribution in [-0.2, 0) is 10.9 Å². The van der Waals surface area contributed by atoms with E-state index in [1.165, 1.54) is 4.90 Å². The normalized spacial score (nSPS) is 19.7. The number of halogens is 4. The van der Waals surface area contributed by atoms with Crippen LogP contribution in [0.1, 0.15) is 15.9 Å². The summed E-state index contributed by atoms with van der Waals surface area (Å²) in [7, 11) is 0. The average molecular weight is 306 g/mol. The molecule has 1 aliphatic rings. The fraction of sp³-hybridized carbons (Fsp3) is 0.462. The molecule has 1 fully saturated rings. The van der Waals surface area contributed by atoms with Crippen molar-refractivity contribution in [2.24, 2.45) is 5.73 Å². The van der Waals surface area contributed by atoms with Crippen LogP contribution < -0.4 is 5.73 Å². The maximum absolute atomic E-state index is 13.9. The van der Waals surface area contributed by atoms with E-state index < -0.39 is 35.1 Å². The highest BCUT2D eigenvalue weighted by atomic mass is 19.4. The average Bonchev–Trinajstić information content (AvgIpc) is 2.45. The standard InChI is InChI=1S/C13H14F4N2O2/c14-11-9(2-1-3-10(11)13(15,16)17)12(20)19-4-5-21-8(6-18)7-19/h1-3,8H,4-7,18H2. The zero-order valence-corrected chi connectivity index (χ0v) is 11.0. The number of alkyl halides is 3. The molecule has 0 radical (unpaired) electrons. The number of nitrogens with zero attached hydrogens (tertiary/aromatic N) is 1. The van der Waals surface area contributed by atoms with Crippen molar-refractivity contribution in [1.82, 2.24) is 4.90 Å². The molecule has 0 aliphatic carbocycles. The number of benzene rings is 1. The van der Waals surface area contributed by atoms with Gasteiger partial charge in [0.05, 0.1) is 23.8 Å². The number of carbonyl (C=O) groups is 1. The van der Waals surface area contributed by atoms with Crippen molar-refractivity contribution in [2.75, 3.05) is 26.2 Å². The predicted molar refractivity (Wildman–Crippen MR) is 66.1 cm³/mol. The first kappa shape index (κ1) is 15.7. The van der Waals surface area contributed by atoms with Gasteiger partial charge in [-0.3, -0.25) is 4.79 Å². The van der Waals surface area contributed by atoms with E-state index in [-0.39, 0.29) is 26.2 Å². The molecule has 1 aromatic carbocycles. The second-order valence-electron chi connectivity index (χ2n) is 4.64. The Morgan fingerprint density at radius 3 is 2.76 bits per heavy atom. The monoisotopic (exact) mass is 306 g/mol. The van der Waals surface area contributed by atoms with Crippen molar-refractivity contribution in [2.45, 2.75) is 12.3 Å². The summed E-state index contributed by atoms with van der Waals surface area (Å²) in [6, 6.07) is 2.66. The Morgan fingerprint density at radius 2 is 2.14 bits per heavy atom. The lowest BCUT2D eigenvalue weighted by Gasteiger charge is -2.32. The van der Waals surface area contributed by atoms with Crippen LogP contribution in [0.5, 0.6) is 0 Å². The van der Waals surface area contributed by atoms with Gasteiger partial charge in [0.2, 0.25) is 0 Å². The summed E-state index contributed by atoms with van der Waals surface area (Å²) in [5, 5.41) is 0. The molecule has 2 rings (SSSR count). The summed E-state index contributed by atoms with van der Waals surface area (Å²) in [5.41, 5.74) is 3.39. The second kappa shape index (κ2) is 5.98. The maximum atomic E-state index is 13.9. The first-order valence-corrected chi connectivity index (χ1v) is 6.31. The molecular formula is C13H14F4N2O2. The van der Waals surface area contributed by atoms with E-state index in [9.17, 15) is 22.4 Å². The molecule has 1 atom stereocenters. The summed E-state index contributed by atoms with van der Waals surface area (Å²) in [4.78, 5) is 13.4. The second-order valence-corrected chi connectivity index (χ2v) is 4.64. The minimum atomic E-state index is -4.84. The Balaban J connectivity index is 2.27. The largest absolute Gasteiger partial charge is 0.419 e. The van der Waals surface area contributed by atoms with Crippen LogP contribution in [0.3, 0.4) is 0 Å². The van der Waals surface area contributed by atoms with Gasteiger partial charge < -0.3 is 15.4 Å². The Bertz CT molecular complexity index is 533. The fourth-order valence-corrected chi connectivity index (χ4v) is 2.13. The van der Waals surface area contributed by atoms with Crippen molar-refractivity contribution >= 4 is 5.91 Å². The topological polar surface area (TPSA) is 55.6 Å². The SMILES string of the molecule is NCC1CN(C(=O)c2cccc(C(F)(F)F)c2F)CCO1. The molecule has 1 unspecified atom stereocenters. The summed E-state index contributed by atoms with van der Waals surface area (Å²) < 4.78 is 57.1. The smallest absolute Gasteiger partial charge is 0.373 e. The van der Waals surface area contributed by atoms with Gasteiger partial charge in [-0.2, -0.15) is 13.2 Å². The van der Waals surface area contributed by atoms with Gasteiger partial charge >= 0.3 is 6.18 Å². The summed E-state index contributed by atoms with van der Waals surface area (Å²) in [6.45, 7) is 0.707. The van der Waals surface area contributed by atoms with Crippen LogP contribution in [0, 0.1) is 5.82 Å². The number of amides is 1. The van der Waals surface area contributed by atoms with Gasteiger partial charge in [0.15, 0.2) is 0 Å². The van der Waals surface area contributed by atoms with Crippen molar-refractivity contribution < 1.29 is 27.1 Å². The first-order valence-electron chi connectivity index (χ1n) is 6.31. The number of rotatable bonds is 2. The Labute approximate surface area is 118 Å². The first-order chi connectivity index (χ1) is 9.84. The minimum Gasteiger partial charge on any atom is -0.373 e. The molecule has 1 aromatic rings. The van der Waals surface area contributed by atoms with E-state index in [0.717, 1.165) is 12.1 Å². The molecule has 1 amide bonds. The van der Waals surface area contributed by atoms with Crippen LogP contribution in [0.15, 0.2) is 18.2 Å². The van der Waals surface area contributed by atoms with Crippen LogP contribution >= 0.6 is 0 Å². The molecule has 8 heteroatoms. The number of morpholine rings is 1. The van der Waals surface area contributed by atoms with E-state index in [2.05, 4.69) is 0 Å². The van der Waals surface area contributed by atoms with Crippen molar-refractivity contribution in [3.8, 4) is 0 Å². The third kappa shape index (κ3) is 3.33. The molecule has 21 heavy (non-hydrogen) atoms. The van der Waals surface area contributed by atoms with E-state index in [4.69, 9.17) is 10.5 Å². The number of hydrogen-bond acceptors (Lipinski definition) is 3. The molecule has 116 valence electrons. The minimum absolute atomic E-state index is 0.130. The molecule has 4 nitrogen and oxygen atoms in total. The Kier molecular flexibility index (Phi) is 4.48. The predicted octanol–water partition coefficient (Wildman–Crippen LogP) is 1.64. The summed E-state index contributed by atoms with van der Waals surface area (Å²) >= 11 is 0. The quantitative estimate of drug-likeness (QED) is 0.845. The van der Waals surface area contributed by atoms with Crippen LogP contribution in [0.4, 0.5) is 17.6 Å². The van der Waals surface area contributed by atoms with Gasteiger partial charge in [-0.15, -0.1) is 0 Å². The van der Waals surface area contributed by atoms with Gasteiger partial charge in [-0.05, 0) is 12.1 Å². The Hall–Kier alpha value is -1.67. The lowest BCUT2D eigenvalue weighted by Crippen LogP contribution is -2.48. The van der Waals surface area contributed by atoms with E-state index in [0.29, 0.717) is 6.07 Å². The third-order valence-electron chi connectivity index (χ3n) is 3.22. The van der Waals surface area contributed by atoms with Crippen molar-refractivity contribution in [3.63, 3.8) is 0 Å². The van der Waals surface area contributed by atoms with Gasteiger partial charge in [-0.25, -0.2) is 4.39 Å². The number of carbonyl (C=O) groups excluding carboxylic acids is 1. The summed E-state index contributed by atoms with van der Waals surface area (Å²) in [5.74, 6) is -2.34. The van der Waals surface area contributed by atoms with E-state index >= 15 is 0 Å². The molecule has 1 saturated heterocycles. The number of ether oxygens (including phenoxy) is 1. The lowest BCUT2D eigenvalue weighted by molar-refractivity contribution is -0.140. The molecule has 2 N–H and O–H groups in total. The molecule has 0 spiro atoms. The molecule has 0 saturated carbocycles. The van der Waals surface area contributed by atoms with Gasteiger partial charge in [0.25, 0.3) is 5.91 Å². The molecule has 1 heterocycles. The number of nitrogens with two attached hydrogens (primary N) is 1. The van der Waals surface area contributed by atoms with Gasteiger partial charge in [0, 0.05) is 19.6 Å². The molecule has 1 aliphatic heterocycles. The highest BCUT2D eigenvalue weighted by molar-refractivity contribution is 5.94. The zero-order chi connectivity index (χ0) is 15.6. The summed E-state index contributed by atoms with van der Waals surface area (Å²) in [6.07, 6.45) is -5.23. The van der Waals surface area contributed by atoms with Crippen molar-refractivity contribution in [3.05, 3.63) is 35.1 Å². The highest BCUT2D eigenvalue weighted by Gasteiger charge is 2.36. The van der Waals surface area contributed by atoms with Crippen LogP contribution in [0.2, 0.25) is 0 Å². The van der Waals surface area contributed by atoms with Gasteiger partial charge in [0.1, 0.15) is 5.82 Å². The maximum Gasteiger partial charge on any atom is 0.419 e. The fourth-order valence-electron chi connectivity index (χ4n) is 2.13. The lowest BCUT2D eigenvalue weighted by atomic mass is 10.1. The van der Waals surface area contributed by atoms with Gasteiger partial charge in [-0.1, -0.05) is 6.07 Å². The Morgan fingerprint density at radius 1 is 1.43 bits per heavy atom. The highest BCUT2D eigenvalue weighted by Crippen LogP contribution is 2.32. The molecule has 0 bridgehead atoms. The molecular weight excluding hydrogens is 292 g/mol. The molecule has 0 aromatic heterocycles. The van der Waals surface area contributed by atoms with E-state index in [1.807, 2.05) is 0 Å².